The molecule has 4 nitrogen and oxygen atoms in total. The van der Waals surface area contributed by atoms with Crippen LogP contribution in [0.25, 0.3) is 10.2 Å². The van der Waals surface area contributed by atoms with Crippen LogP contribution in [-0.4, -0.2) is 21.1 Å². The number of rotatable bonds is 5. The van der Waals surface area contributed by atoms with E-state index in [1.54, 1.807) is 17.7 Å². The first-order chi connectivity index (χ1) is 11.1. The van der Waals surface area contributed by atoms with E-state index >= 15 is 0 Å². The first kappa shape index (κ1) is 16.0. The maximum Gasteiger partial charge on any atom is 0.233 e. The molecule has 1 aromatic carbocycles. The van der Waals surface area contributed by atoms with Crippen molar-refractivity contribution in [1.82, 2.24) is 15.3 Å². The van der Waals surface area contributed by atoms with Crippen LogP contribution in [-0.2, 0) is 11.3 Å². The standard InChI is InChI=1S/C17H17N3OS2/c1-11-3-5-13(6-4-11)9-18-15(21)12(2)23-17-14-7-8-22-16(14)19-10-20-17/h3-8,10,12H,9H2,1-2H3,(H,18,21)/t12-/m0/s1. The molecule has 0 aliphatic rings. The number of carbonyl (C=O) groups excluding carboxylic acids is 1. The number of aromatic nitrogens is 2. The van der Waals surface area contributed by atoms with Gasteiger partial charge in [0.05, 0.1) is 5.25 Å². The molecule has 6 heteroatoms. The third-order valence-electron chi connectivity index (χ3n) is 3.47. The van der Waals surface area contributed by atoms with Gasteiger partial charge < -0.3 is 5.32 Å². The van der Waals surface area contributed by atoms with Crippen LogP contribution in [0.15, 0.2) is 47.1 Å². The fourth-order valence-corrected chi connectivity index (χ4v) is 3.84. The lowest BCUT2D eigenvalue weighted by Crippen LogP contribution is -2.30. The zero-order valence-electron chi connectivity index (χ0n) is 12.9. The van der Waals surface area contributed by atoms with Crippen molar-refractivity contribution in [1.29, 1.82) is 0 Å². The van der Waals surface area contributed by atoms with Gasteiger partial charge in [0.25, 0.3) is 0 Å². The molecule has 3 rings (SSSR count). The van der Waals surface area contributed by atoms with Gasteiger partial charge in [0.15, 0.2) is 0 Å². The van der Waals surface area contributed by atoms with Crippen molar-refractivity contribution in [2.75, 3.05) is 0 Å². The van der Waals surface area contributed by atoms with Crippen molar-refractivity contribution in [3.05, 3.63) is 53.2 Å². The van der Waals surface area contributed by atoms with E-state index in [0.29, 0.717) is 6.54 Å². The Labute approximate surface area is 143 Å². The highest BCUT2D eigenvalue weighted by molar-refractivity contribution is 8.00. The quantitative estimate of drug-likeness (QED) is 0.565. The van der Waals surface area contributed by atoms with Crippen LogP contribution in [0.5, 0.6) is 0 Å². The number of thiophene rings is 1. The van der Waals surface area contributed by atoms with E-state index in [1.165, 1.54) is 17.3 Å². The summed E-state index contributed by atoms with van der Waals surface area (Å²) in [5, 5.41) is 6.63. The lowest BCUT2D eigenvalue weighted by atomic mass is 10.1. The van der Waals surface area contributed by atoms with Gasteiger partial charge in [-0.05, 0) is 30.9 Å². The summed E-state index contributed by atoms with van der Waals surface area (Å²) >= 11 is 3.05. The van der Waals surface area contributed by atoms with Crippen LogP contribution in [0.4, 0.5) is 0 Å². The van der Waals surface area contributed by atoms with Crippen LogP contribution in [0.2, 0.25) is 0 Å². The van der Waals surface area contributed by atoms with E-state index in [-0.39, 0.29) is 11.2 Å². The molecular weight excluding hydrogens is 326 g/mol. The zero-order chi connectivity index (χ0) is 16.2. The molecule has 1 amide bonds. The Balaban J connectivity index is 1.61. The molecule has 0 saturated carbocycles. The van der Waals surface area contributed by atoms with Crippen molar-refractivity contribution in [2.24, 2.45) is 0 Å². The number of amides is 1. The molecule has 118 valence electrons. The first-order valence-electron chi connectivity index (χ1n) is 7.31. The van der Waals surface area contributed by atoms with Gasteiger partial charge in [-0.15, -0.1) is 11.3 Å². The molecule has 0 aliphatic carbocycles. The summed E-state index contributed by atoms with van der Waals surface area (Å²) in [6.45, 7) is 4.49. The maximum atomic E-state index is 12.3. The second-order valence-electron chi connectivity index (χ2n) is 5.28. The smallest absolute Gasteiger partial charge is 0.233 e. The largest absolute Gasteiger partial charge is 0.351 e. The van der Waals surface area contributed by atoms with Crippen molar-refractivity contribution < 1.29 is 4.79 Å². The highest BCUT2D eigenvalue weighted by Crippen LogP contribution is 2.30. The number of carbonyl (C=O) groups is 1. The minimum Gasteiger partial charge on any atom is -0.351 e. The van der Waals surface area contributed by atoms with Gasteiger partial charge in [0.2, 0.25) is 5.91 Å². The Hall–Kier alpha value is -1.92. The van der Waals surface area contributed by atoms with Gasteiger partial charge in [0.1, 0.15) is 16.2 Å². The molecule has 0 saturated heterocycles. The third kappa shape index (κ3) is 3.89. The summed E-state index contributed by atoms with van der Waals surface area (Å²) < 4.78 is 0. The highest BCUT2D eigenvalue weighted by atomic mass is 32.2. The summed E-state index contributed by atoms with van der Waals surface area (Å²) in [4.78, 5) is 21.8. The molecule has 2 heterocycles. The van der Waals surface area contributed by atoms with Gasteiger partial charge in [-0.3, -0.25) is 4.79 Å². The van der Waals surface area contributed by atoms with E-state index < -0.39 is 0 Å². The summed E-state index contributed by atoms with van der Waals surface area (Å²) in [5.41, 5.74) is 2.32. The SMILES string of the molecule is Cc1ccc(CNC(=O)[C@H](C)Sc2ncnc3sccc23)cc1. The monoisotopic (exact) mass is 343 g/mol. The minimum atomic E-state index is -0.210. The number of hydrogen-bond donors (Lipinski definition) is 1. The highest BCUT2D eigenvalue weighted by Gasteiger charge is 2.17. The lowest BCUT2D eigenvalue weighted by molar-refractivity contribution is -0.120. The van der Waals surface area contributed by atoms with Gasteiger partial charge in [0, 0.05) is 11.9 Å². The summed E-state index contributed by atoms with van der Waals surface area (Å²) in [7, 11) is 0. The Bertz CT molecular complexity index is 814. The predicted octanol–water partition coefficient (Wildman–Crippen LogP) is 3.80. The predicted molar refractivity (Wildman–Crippen MR) is 95.8 cm³/mol. The third-order valence-corrected chi connectivity index (χ3v) is 5.41. The number of nitrogens with zero attached hydrogens (tertiary/aromatic N) is 2. The zero-order valence-corrected chi connectivity index (χ0v) is 14.6. The molecule has 23 heavy (non-hydrogen) atoms. The molecule has 1 N–H and O–H groups in total. The Morgan fingerprint density at radius 1 is 1.26 bits per heavy atom. The van der Waals surface area contributed by atoms with Crippen molar-refractivity contribution in [3.8, 4) is 0 Å². The Morgan fingerprint density at radius 2 is 2.04 bits per heavy atom. The van der Waals surface area contributed by atoms with Crippen molar-refractivity contribution in [2.45, 2.75) is 30.7 Å². The van der Waals surface area contributed by atoms with Crippen LogP contribution in [0.1, 0.15) is 18.1 Å². The molecule has 0 fully saturated rings. The summed E-state index contributed by atoms with van der Waals surface area (Å²) in [5.74, 6) is 0.0116. The molecule has 0 spiro atoms. The molecule has 0 aliphatic heterocycles. The molecule has 3 aromatic rings. The Morgan fingerprint density at radius 3 is 2.83 bits per heavy atom. The van der Waals surface area contributed by atoms with E-state index in [2.05, 4.69) is 15.3 Å². The normalized spacial score (nSPS) is 12.3. The fourth-order valence-electron chi connectivity index (χ4n) is 2.12. The first-order valence-corrected chi connectivity index (χ1v) is 9.07. The van der Waals surface area contributed by atoms with Crippen molar-refractivity contribution in [3.63, 3.8) is 0 Å². The number of aryl methyl sites for hydroxylation is 1. The topological polar surface area (TPSA) is 54.9 Å². The maximum absolute atomic E-state index is 12.3. The van der Waals surface area contributed by atoms with E-state index in [4.69, 9.17) is 0 Å². The molecule has 1 atom stereocenters. The fraction of sp³-hybridized carbons (Fsp3) is 0.235. The van der Waals surface area contributed by atoms with Crippen molar-refractivity contribution >= 4 is 39.2 Å². The lowest BCUT2D eigenvalue weighted by Gasteiger charge is -2.12. The molecule has 0 unspecified atom stereocenters. The van der Waals surface area contributed by atoms with Crippen LogP contribution >= 0.6 is 23.1 Å². The van der Waals surface area contributed by atoms with E-state index in [1.807, 2.05) is 49.6 Å². The molecule has 0 bridgehead atoms. The van der Waals surface area contributed by atoms with Crippen LogP contribution < -0.4 is 5.32 Å². The van der Waals surface area contributed by atoms with E-state index in [9.17, 15) is 4.79 Å². The van der Waals surface area contributed by atoms with Crippen LogP contribution in [0, 0.1) is 6.92 Å². The Kier molecular flexibility index (Phi) is 4.93. The number of hydrogen-bond acceptors (Lipinski definition) is 5. The number of benzene rings is 1. The molecule has 2 aromatic heterocycles. The summed E-state index contributed by atoms with van der Waals surface area (Å²) in [6.07, 6.45) is 1.55. The van der Waals surface area contributed by atoms with Gasteiger partial charge in [-0.1, -0.05) is 41.6 Å². The average molecular weight is 343 g/mol. The van der Waals surface area contributed by atoms with Gasteiger partial charge >= 0.3 is 0 Å². The minimum absolute atomic E-state index is 0.0116. The average Bonchev–Trinajstić information content (AvgIpc) is 3.03. The van der Waals surface area contributed by atoms with Crippen LogP contribution in [0.3, 0.4) is 0 Å². The summed E-state index contributed by atoms with van der Waals surface area (Å²) in [6, 6.07) is 10.2. The molecule has 0 radical (unpaired) electrons. The number of thioether (sulfide) groups is 1. The van der Waals surface area contributed by atoms with Gasteiger partial charge in [-0.25, -0.2) is 9.97 Å². The second kappa shape index (κ2) is 7.10. The second-order valence-corrected chi connectivity index (χ2v) is 7.51. The number of nitrogens with one attached hydrogen (secondary N) is 1. The van der Waals surface area contributed by atoms with Gasteiger partial charge in [-0.2, -0.15) is 0 Å². The molecular formula is C17H17N3OS2. The van der Waals surface area contributed by atoms with E-state index in [0.717, 1.165) is 20.8 Å². The number of fused-ring (bicyclic) bond motifs is 1.